The third-order valence-electron chi connectivity index (χ3n) is 3.45. The van der Waals surface area contributed by atoms with Gasteiger partial charge in [0.05, 0.1) is 17.3 Å². The maximum absolute atomic E-state index is 5.90. The molecule has 2 N–H and O–H groups in total. The fourth-order valence-corrected chi connectivity index (χ4v) is 1.61. The van der Waals surface area contributed by atoms with E-state index in [1.165, 1.54) is 6.20 Å². The van der Waals surface area contributed by atoms with Crippen LogP contribution >= 0.6 is 0 Å². The van der Waals surface area contributed by atoms with Crippen LogP contribution in [0.1, 0.15) is 41.5 Å². The lowest BCUT2D eigenvalue weighted by molar-refractivity contribution is 0.00578. The second-order valence-electron chi connectivity index (χ2n) is 6.07. The molecule has 1 aliphatic rings. The number of hydrogen-bond donors (Lipinski definition) is 1. The monoisotopic (exact) mass is 280 g/mol. The Hall–Kier alpha value is -1.27. The number of nitrogens with two attached hydrogens (primary N) is 1. The van der Waals surface area contributed by atoms with E-state index in [-0.39, 0.29) is 6.10 Å². The fraction of sp³-hybridized carbons (Fsp3) is 0.643. The van der Waals surface area contributed by atoms with E-state index in [9.17, 15) is 0 Å². The predicted molar refractivity (Wildman–Crippen MR) is 82.2 cm³/mol. The van der Waals surface area contributed by atoms with Crippen molar-refractivity contribution in [1.82, 2.24) is 0 Å². The van der Waals surface area contributed by atoms with Gasteiger partial charge in [0.1, 0.15) is 0 Å². The summed E-state index contributed by atoms with van der Waals surface area (Å²) in [5, 5.41) is 0. The van der Waals surface area contributed by atoms with Gasteiger partial charge >= 0.3 is 7.12 Å². The smallest absolute Gasteiger partial charge is 0.475 e. The van der Waals surface area contributed by atoms with Gasteiger partial charge in [-0.2, -0.15) is 0 Å². The molecule has 1 aliphatic heterocycles. The number of allylic oxidation sites excluding steroid dienone is 1. The molecular weight excluding hydrogens is 255 g/mol. The van der Waals surface area contributed by atoms with Crippen LogP contribution in [0.25, 0.3) is 0 Å². The van der Waals surface area contributed by atoms with Crippen LogP contribution in [0, 0.1) is 0 Å². The molecule has 112 valence electrons. The molecule has 0 aromatic rings. The minimum absolute atomic E-state index is 0.0294. The maximum atomic E-state index is 5.90. The normalized spacial score (nSPS) is 21.8. The summed E-state index contributed by atoms with van der Waals surface area (Å²) >= 11 is 0. The van der Waals surface area contributed by atoms with Crippen LogP contribution < -0.4 is 5.73 Å². The Bertz CT molecular complexity index is 412. The van der Waals surface area contributed by atoms with Crippen molar-refractivity contribution in [1.29, 1.82) is 0 Å². The molecule has 1 heterocycles. The molecule has 0 amide bonds. The highest BCUT2D eigenvalue weighted by Crippen LogP contribution is 2.38. The van der Waals surface area contributed by atoms with Gasteiger partial charge in [-0.15, -0.1) is 0 Å². The zero-order chi connectivity index (χ0) is 15.6. The molecule has 0 saturated carbocycles. The maximum Gasteiger partial charge on any atom is 0.497 e. The van der Waals surface area contributed by atoms with E-state index in [0.717, 1.165) is 0 Å². The van der Waals surface area contributed by atoms with E-state index in [4.69, 9.17) is 19.8 Å². The van der Waals surface area contributed by atoms with E-state index >= 15 is 0 Å². The Morgan fingerprint density at radius 2 is 1.75 bits per heavy atom. The van der Waals surface area contributed by atoms with Crippen molar-refractivity contribution < 1.29 is 14.0 Å². The van der Waals surface area contributed by atoms with Crippen molar-refractivity contribution in [3.05, 3.63) is 24.1 Å². The number of rotatable bonds is 5. The summed E-state index contributed by atoms with van der Waals surface area (Å²) in [6.45, 7) is 15.5. The first-order valence-electron chi connectivity index (χ1n) is 6.76. The van der Waals surface area contributed by atoms with Gasteiger partial charge in [0.25, 0.3) is 0 Å². The lowest BCUT2D eigenvalue weighted by Gasteiger charge is -2.32. The Morgan fingerprint density at radius 3 is 2.15 bits per heavy atom. The van der Waals surface area contributed by atoms with E-state index in [2.05, 4.69) is 11.6 Å². The van der Waals surface area contributed by atoms with Gasteiger partial charge in [0, 0.05) is 11.7 Å². The molecule has 1 saturated heterocycles. The van der Waals surface area contributed by atoms with Gasteiger partial charge < -0.3 is 19.8 Å². The zero-order valence-electron chi connectivity index (χ0n) is 13.3. The average molecular weight is 280 g/mol. The van der Waals surface area contributed by atoms with Gasteiger partial charge in [-0.25, -0.2) is 4.99 Å². The lowest BCUT2D eigenvalue weighted by Crippen LogP contribution is -2.41. The Labute approximate surface area is 122 Å². The minimum Gasteiger partial charge on any atom is -0.475 e. The summed E-state index contributed by atoms with van der Waals surface area (Å²) in [5.41, 5.74) is 5.45. The molecular formula is C14H25BN2O3. The summed E-state index contributed by atoms with van der Waals surface area (Å²) < 4.78 is 17.1. The highest BCUT2D eigenvalue weighted by Gasteiger charge is 2.52. The van der Waals surface area contributed by atoms with Gasteiger partial charge in [0.2, 0.25) is 5.88 Å². The molecule has 0 aromatic heterocycles. The van der Waals surface area contributed by atoms with Crippen LogP contribution in [0.4, 0.5) is 0 Å². The largest absolute Gasteiger partial charge is 0.497 e. The van der Waals surface area contributed by atoms with Crippen LogP contribution in [-0.4, -0.2) is 30.6 Å². The van der Waals surface area contributed by atoms with Crippen molar-refractivity contribution in [2.24, 2.45) is 10.7 Å². The molecule has 1 rings (SSSR count). The van der Waals surface area contributed by atoms with Crippen molar-refractivity contribution in [3.63, 3.8) is 0 Å². The molecule has 5 nitrogen and oxygen atoms in total. The van der Waals surface area contributed by atoms with Crippen LogP contribution in [0.2, 0.25) is 0 Å². The third-order valence-corrected chi connectivity index (χ3v) is 3.45. The van der Waals surface area contributed by atoms with Crippen molar-refractivity contribution >= 4 is 13.3 Å². The molecule has 0 radical (unpaired) electrons. The summed E-state index contributed by atoms with van der Waals surface area (Å²) in [7, 11) is -0.541. The van der Waals surface area contributed by atoms with Gasteiger partial charge in [-0.3, -0.25) is 0 Å². The number of aliphatic imine (C=N–C) groups is 1. The minimum atomic E-state index is -0.541. The highest BCUT2D eigenvalue weighted by atomic mass is 16.7. The molecule has 0 atom stereocenters. The zero-order valence-corrected chi connectivity index (χ0v) is 13.3. The van der Waals surface area contributed by atoms with Gasteiger partial charge in [0.15, 0.2) is 0 Å². The first kappa shape index (κ1) is 16.8. The first-order chi connectivity index (χ1) is 9.09. The SMILES string of the molecule is C=C(/N=C\C(=C/N)B1OC(C)(C)C(C)(C)O1)OC(C)C. The molecule has 0 spiro atoms. The van der Waals surface area contributed by atoms with Crippen molar-refractivity contribution in [2.45, 2.75) is 58.8 Å². The summed E-state index contributed by atoms with van der Waals surface area (Å²) in [4.78, 5) is 4.13. The molecule has 0 aliphatic carbocycles. The number of nitrogens with zero attached hydrogens (tertiary/aromatic N) is 1. The van der Waals surface area contributed by atoms with Gasteiger partial charge in [-0.1, -0.05) is 0 Å². The molecule has 0 unspecified atom stereocenters. The second-order valence-corrected chi connectivity index (χ2v) is 6.07. The van der Waals surface area contributed by atoms with Crippen LogP contribution in [0.5, 0.6) is 0 Å². The topological polar surface area (TPSA) is 66.1 Å². The first-order valence-corrected chi connectivity index (χ1v) is 6.76. The van der Waals surface area contributed by atoms with E-state index < -0.39 is 18.3 Å². The molecule has 6 heteroatoms. The van der Waals surface area contributed by atoms with E-state index in [0.29, 0.717) is 11.4 Å². The average Bonchev–Trinajstić information content (AvgIpc) is 2.47. The van der Waals surface area contributed by atoms with Crippen LogP contribution in [0.15, 0.2) is 29.1 Å². The molecule has 0 bridgehead atoms. The summed E-state index contributed by atoms with van der Waals surface area (Å²) in [5.74, 6) is 0.330. The fourth-order valence-electron chi connectivity index (χ4n) is 1.61. The molecule has 20 heavy (non-hydrogen) atoms. The summed E-state index contributed by atoms with van der Waals surface area (Å²) in [6.07, 6.45) is 3.02. The second kappa shape index (κ2) is 6.02. The lowest BCUT2D eigenvalue weighted by atomic mass is 9.79. The standard InChI is InChI=1S/C14H25BN2O3/c1-10(2)18-11(3)17-9-12(8-16)15-19-13(4,5)14(6,7)20-15/h8-10H,3,16H2,1-2,4-7H3/b12-8+,17-9-. The quantitative estimate of drug-likeness (QED) is 0.477. The van der Waals surface area contributed by atoms with Gasteiger partial charge in [-0.05, 0) is 54.3 Å². The van der Waals surface area contributed by atoms with Crippen LogP contribution in [0.3, 0.4) is 0 Å². The predicted octanol–water partition coefficient (Wildman–Crippen LogP) is 2.43. The number of hydrogen-bond acceptors (Lipinski definition) is 5. The number of ether oxygens (including phenoxy) is 1. The Morgan fingerprint density at radius 1 is 1.25 bits per heavy atom. The molecule has 0 aromatic carbocycles. The van der Waals surface area contributed by atoms with E-state index in [1.807, 2.05) is 41.5 Å². The molecule has 1 fully saturated rings. The van der Waals surface area contributed by atoms with Crippen molar-refractivity contribution in [3.8, 4) is 0 Å². The van der Waals surface area contributed by atoms with E-state index in [1.54, 1.807) is 6.21 Å². The van der Waals surface area contributed by atoms with Crippen LogP contribution in [-0.2, 0) is 14.0 Å². The Balaban J connectivity index is 2.75. The highest BCUT2D eigenvalue weighted by molar-refractivity contribution is 6.60. The third kappa shape index (κ3) is 3.87. The summed E-state index contributed by atoms with van der Waals surface area (Å²) in [6, 6.07) is 0. The van der Waals surface area contributed by atoms with Crippen molar-refractivity contribution in [2.75, 3.05) is 0 Å². The Kier molecular flexibility index (Phi) is 5.05.